The van der Waals surface area contributed by atoms with Crippen LogP contribution in [-0.2, 0) is 13.0 Å². The first kappa shape index (κ1) is 15.7. The molecule has 0 atom stereocenters. The van der Waals surface area contributed by atoms with Gasteiger partial charge in [-0.1, -0.05) is 26.2 Å². The van der Waals surface area contributed by atoms with Gasteiger partial charge in [-0.05, 0) is 49.9 Å². The van der Waals surface area contributed by atoms with Crippen molar-refractivity contribution in [2.75, 3.05) is 0 Å². The monoisotopic (exact) mass is 308 g/mol. The summed E-state index contributed by atoms with van der Waals surface area (Å²) >= 11 is 3.67. The van der Waals surface area contributed by atoms with Crippen molar-refractivity contribution in [1.82, 2.24) is 0 Å². The fourth-order valence-electron chi connectivity index (χ4n) is 2.52. The predicted octanol–water partition coefficient (Wildman–Crippen LogP) is 5.71. The largest absolute Gasteiger partial charge is 0.392 e. The van der Waals surface area contributed by atoms with Gasteiger partial charge < -0.3 is 5.11 Å². The number of rotatable bonds is 7. The molecule has 1 nitrogen and oxygen atoms in total. The summed E-state index contributed by atoms with van der Waals surface area (Å²) in [6.45, 7) is 6.73. The first-order valence-electron chi connectivity index (χ1n) is 7.45. The van der Waals surface area contributed by atoms with Crippen LogP contribution in [0.4, 0.5) is 0 Å². The van der Waals surface area contributed by atoms with E-state index in [1.807, 2.05) is 11.3 Å². The zero-order valence-corrected chi connectivity index (χ0v) is 14.3. The summed E-state index contributed by atoms with van der Waals surface area (Å²) in [6, 6.07) is 4.45. The van der Waals surface area contributed by atoms with E-state index in [1.54, 1.807) is 11.3 Å². The highest BCUT2D eigenvalue weighted by atomic mass is 32.1. The molecule has 0 bridgehead atoms. The van der Waals surface area contributed by atoms with Gasteiger partial charge in [-0.2, -0.15) is 0 Å². The fourth-order valence-corrected chi connectivity index (χ4v) is 4.75. The first-order chi connectivity index (χ1) is 9.65. The lowest BCUT2D eigenvalue weighted by Crippen LogP contribution is -1.85. The van der Waals surface area contributed by atoms with Gasteiger partial charge in [0.15, 0.2) is 0 Å². The second kappa shape index (κ2) is 7.39. The highest BCUT2D eigenvalue weighted by Crippen LogP contribution is 2.38. The van der Waals surface area contributed by atoms with E-state index in [0.29, 0.717) is 0 Å². The summed E-state index contributed by atoms with van der Waals surface area (Å²) < 4.78 is 0. The van der Waals surface area contributed by atoms with Crippen LogP contribution in [0.25, 0.3) is 9.75 Å². The first-order valence-corrected chi connectivity index (χ1v) is 9.08. The fraction of sp³-hybridized carbons (Fsp3) is 0.529. The van der Waals surface area contributed by atoms with Crippen LogP contribution in [0.15, 0.2) is 12.1 Å². The van der Waals surface area contributed by atoms with Gasteiger partial charge in [0.05, 0.1) is 11.5 Å². The third-order valence-electron chi connectivity index (χ3n) is 3.65. The van der Waals surface area contributed by atoms with Crippen molar-refractivity contribution in [3.05, 3.63) is 33.0 Å². The molecule has 0 fully saturated rings. The minimum atomic E-state index is 0.141. The van der Waals surface area contributed by atoms with E-state index in [1.165, 1.54) is 57.2 Å². The van der Waals surface area contributed by atoms with E-state index < -0.39 is 0 Å². The second-order valence-electron chi connectivity index (χ2n) is 5.37. The molecule has 0 radical (unpaired) electrons. The van der Waals surface area contributed by atoms with Crippen LogP contribution < -0.4 is 0 Å². The van der Waals surface area contributed by atoms with E-state index >= 15 is 0 Å². The van der Waals surface area contributed by atoms with Crippen LogP contribution in [0.5, 0.6) is 0 Å². The Hall–Kier alpha value is -0.640. The Morgan fingerprint density at radius 2 is 1.80 bits per heavy atom. The Kier molecular flexibility index (Phi) is 5.82. The van der Waals surface area contributed by atoms with Crippen LogP contribution >= 0.6 is 22.7 Å². The van der Waals surface area contributed by atoms with E-state index in [-0.39, 0.29) is 6.61 Å². The number of unbranched alkanes of at least 4 members (excludes halogenated alkanes) is 3. The Morgan fingerprint density at radius 1 is 1.00 bits per heavy atom. The lowest BCUT2D eigenvalue weighted by Gasteiger charge is -1.99. The zero-order chi connectivity index (χ0) is 14.5. The summed E-state index contributed by atoms with van der Waals surface area (Å²) in [7, 11) is 0. The van der Waals surface area contributed by atoms with Crippen molar-refractivity contribution < 1.29 is 5.11 Å². The standard InChI is InChI=1S/C17H24OS2/c1-4-5-6-7-8-14-10-16(20-13(14)3)17-15(11-18)9-12(2)19-17/h9-10,18H,4-8,11H2,1-3H3. The average Bonchev–Trinajstić information content (AvgIpc) is 2.98. The Bertz CT molecular complexity index is 551. The number of aliphatic hydroxyl groups excluding tert-OH is 1. The van der Waals surface area contributed by atoms with E-state index in [0.717, 1.165) is 5.56 Å². The number of hydrogen-bond acceptors (Lipinski definition) is 3. The van der Waals surface area contributed by atoms with E-state index in [2.05, 4.69) is 32.9 Å². The summed E-state index contributed by atoms with van der Waals surface area (Å²) in [6.07, 6.45) is 6.46. The van der Waals surface area contributed by atoms with Crippen LogP contribution in [0.2, 0.25) is 0 Å². The molecule has 0 amide bonds. The van der Waals surface area contributed by atoms with E-state index in [9.17, 15) is 5.11 Å². The van der Waals surface area contributed by atoms with Gasteiger partial charge in [-0.15, -0.1) is 22.7 Å². The second-order valence-corrected chi connectivity index (χ2v) is 7.88. The summed E-state index contributed by atoms with van der Waals surface area (Å²) in [5, 5.41) is 9.48. The molecule has 2 rings (SSSR count). The third kappa shape index (κ3) is 3.72. The molecule has 2 aromatic rings. The van der Waals surface area contributed by atoms with Gasteiger partial charge in [-0.3, -0.25) is 0 Å². The molecule has 0 saturated carbocycles. The molecule has 0 aliphatic carbocycles. The van der Waals surface area contributed by atoms with E-state index in [4.69, 9.17) is 0 Å². The molecule has 2 aromatic heterocycles. The van der Waals surface area contributed by atoms with Crippen LogP contribution in [0.1, 0.15) is 53.5 Å². The molecular weight excluding hydrogens is 284 g/mol. The molecule has 0 spiro atoms. The lowest BCUT2D eigenvalue weighted by atomic mass is 10.1. The molecule has 0 aliphatic heterocycles. The van der Waals surface area contributed by atoms with Crippen molar-refractivity contribution in [2.24, 2.45) is 0 Å². The number of thiophene rings is 2. The van der Waals surface area contributed by atoms with Crippen molar-refractivity contribution >= 4 is 22.7 Å². The van der Waals surface area contributed by atoms with Gasteiger partial charge in [0.2, 0.25) is 0 Å². The Balaban J connectivity index is 2.13. The van der Waals surface area contributed by atoms with Crippen LogP contribution in [-0.4, -0.2) is 5.11 Å². The molecule has 0 unspecified atom stereocenters. The van der Waals surface area contributed by atoms with Crippen LogP contribution in [0.3, 0.4) is 0 Å². The predicted molar refractivity (Wildman–Crippen MR) is 90.9 cm³/mol. The van der Waals surface area contributed by atoms with Crippen molar-refractivity contribution in [3.8, 4) is 9.75 Å². The lowest BCUT2D eigenvalue weighted by molar-refractivity contribution is 0.283. The quantitative estimate of drug-likeness (QED) is 0.650. The maximum absolute atomic E-state index is 9.48. The van der Waals surface area contributed by atoms with Gasteiger partial charge in [0.25, 0.3) is 0 Å². The minimum absolute atomic E-state index is 0.141. The highest BCUT2D eigenvalue weighted by Gasteiger charge is 2.13. The normalized spacial score (nSPS) is 11.2. The highest BCUT2D eigenvalue weighted by molar-refractivity contribution is 7.22. The Labute approximate surface area is 130 Å². The van der Waals surface area contributed by atoms with Crippen molar-refractivity contribution in [2.45, 2.75) is 59.5 Å². The van der Waals surface area contributed by atoms with Crippen LogP contribution in [0, 0.1) is 13.8 Å². The summed E-state index contributed by atoms with van der Waals surface area (Å²) in [5.41, 5.74) is 2.57. The molecule has 0 aliphatic rings. The Morgan fingerprint density at radius 3 is 2.50 bits per heavy atom. The molecule has 0 aromatic carbocycles. The SMILES string of the molecule is CCCCCCc1cc(-c2sc(C)cc2CO)sc1C. The smallest absolute Gasteiger partial charge is 0.0696 e. The summed E-state index contributed by atoms with van der Waals surface area (Å²) in [5.74, 6) is 0. The molecule has 2 heterocycles. The van der Waals surface area contributed by atoms with Crippen molar-refractivity contribution in [3.63, 3.8) is 0 Å². The van der Waals surface area contributed by atoms with Gasteiger partial charge in [-0.25, -0.2) is 0 Å². The zero-order valence-electron chi connectivity index (χ0n) is 12.7. The maximum Gasteiger partial charge on any atom is 0.0696 e. The van der Waals surface area contributed by atoms with Gasteiger partial charge >= 0.3 is 0 Å². The number of hydrogen-bond donors (Lipinski definition) is 1. The average molecular weight is 309 g/mol. The number of aliphatic hydroxyl groups is 1. The topological polar surface area (TPSA) is 20.2 Å². The molecule has 3 heteroatoms. The van der Waals surface area contributed by atoms with Crippen molar-refractivity contribution in [1.29, 1.82) is 0 Å². The summed E-state index contributed by atoms with van der Waals surface area (Å²) in [4.78, 5) is 5.30. The van der Waals surface area contributed by atoms with Gasteiger partial charge in [0, 0.05) is 14.6 Å². The maximum atomic E-state index is 9.48. The molecular formula is C17H24OS2. The minimum Gasteiger partial charge on any atom is -0.392 e. The molecule has 20 heavy (non-hydrogen) atoms. The third-order valence-corrected chi connectivity index (χ3v) is 6.01. The number of aryl methyl sites for hydroxylation is 3. The van der Waals surface area contributed by atoms with Gasteiger partial charge in [0.1, 0.15) is 0 Å². The molecule has 0 saturated heterocycles. The molecule has 1 N–H and O–H groups in total. The molecule has 110 valence electrons.